The number of hydrogen-bond donors (Lipinski definition) is 1. The summed E-state index contributed by atoms with van der Waals surface area (Å²) in [7, 11) is 0. The third kappa shape index (κ3) is 2.93. The van der Waals surface area contributed by atoms with Gasteiger partial charge in [-0.05, 0) is 19.8 Å². The van der Waals surface area contributed by atoms with Crippen LogP contribution in [-0.2, 0) is 4.74 Å². The molecule has 1 aliphatic rings. The Morgan fingerprint density at radius 1 is 1.39 bits per heavy atom. The number of carbonyl (C=O) groups is 1. The smallest absolute Gasteiger partial charge is 0.352 e. The second-order valence-electron chi connectivity index (χ2n) is 4.33. The lowest BCUT2D eigenvalue weighted by molar-refractivity contribution is 0.0533. The lowest BCUT2D eigenvalue weighted by Crippen LogP contribution is -2.23. The maximum absolute atomic E-state index is 11.7. The summed E-state index contributed by atoms with van der Waals surface area (Å²) in [4.78, 5) is 18.6. The summed E-state index contributed by atoms with van der Waals surface area (Å²) < 4.78 is 4.97. The lowest BCUT2D eigenvalue weighted by atomic mass is 10.2. The number of nitrogens with zero attached hydrogens (tertiary/aromatic N) is 2. The molecule has 2 rings (SSSR count). The summed E-state index contributed by atoms with van der Waals surface area (Å²) >= 11 is 1.34. The summed E-state index contributed by atoms with van der Waals surface area (Å²) in [6.07, 6.45) is 4.88. The number of esters is 1. The van der Waals surface area contributed by atoms with Crippen LogP contribution >= 0.6 is 11.3 Å². The highest BCUT2D eigenvalue weighted by Crippen LogP contribution is 2.30. The van der Waals surface area contributed by atoms with Crippen LogP contribution in [0.4, 0.5) is 10.9 Å². The number of rotatable bonds is 3. The van der Waals surface area contributed by atoms with E-state index in [2.05, 4.69) is 9.88 Å². The fourth-order valence-corrected chi connectivity index (χ4v) is 2.99. The minimum Gasteiger partial charge on any atom is -0.462 e. The molecule has 1 aliphatic heterocycles. The molecule has 1 saturated heterocycles. The van der Waals surface area contributed by atoms with Crippen LogP contribution in [0.1, 0.15) is 42.3 Å². The molecule has 1 aromatic rings. The molecule has 0 amide bonds. The van der Waals surface area contributed by atoms with E-state index in [0.29, 0.717) is 11.5 Å². The van der Waals surface area contributed by atoms with Crippen molar-refractivity contribution >= 4 is 28.3 Å². The number of aromatic nitrogens is 1. The topological polar surface area (TPSA) is 68.5 Å². The molecule has 100 valence electrons. The quantitative estimate of drug-likeness (QED) is 0.853. The zero-order chi connectivity index (χ0) is 13.0. The molecule has 0 bridgehead atoms. The Hall–Kier alpha value is -1.30. The summed E-state index contributed by atoms with van der Waals surface area (Å²) in [5.41, 5.74) is 5.79. The average Bonchev–Trinajstić information content (AvgIpc) is 2.58. The van der Waals surface area contributed by atoms with Gasteiger partial charge in [0.25, 0.3) is 0 Å². The van der Waals surface area contributed by atoms with Crippen LogP contribution in [0.5, 0.6) is 0 Å². The van der Waals surface area contributed by atoms with Gasteiger partial charge in [-0.25, -0.2) is 9.78 Å². The van der Waals surface area contributed by atoms with Crippen LogP contribution in [0.15, 0.2) is 0 Å². The van der Waals surface area contributed by atoms with Crippen molar-refractivity contribution < 1.29 is 9.53 Å². The maximum atomic E-state index is 11.7. The van der Waals surface area contributed by atoms with Gasteiger partial charge in [0.1, 0.15) is 0 Å². The molecule has 1 fully saturated rings. The number of carbonyl (C=O) groups excluding carboxylic acids is 1. The van der Waals surface area contributed by atoms with Crippen LogP contribution in [0.25, 0.3) is 0 Å². The van der Waals surface area contributed by atoms with Crippen LogP contribution in [0.2, 0.25) is 0 Å². The van der Waals surface area contributed by atoms with E-state index in [1.807, 2.05) is 0 Å². The molecule has 18 heavy (non-hydrogen) atoms. The lowest BCUT2D eigenvalue weighted by Gasteiger charge is -2.18. The number of anilines is 2. The molecule has 0 saturated carbocycles. The number of nitrogens with two attached hydrogens (primary N) is 1. The molecule has 5 nitrogen and oxygen atoms in total. The van der Waals surface area contributed by atoms with Gasteiger partial charge in [-0.3, -0.25) is 0 Å². The molecule has 0 atom stereocenters. The van der Waals surface area contributed by atoms with E-state index in [9.17, 15) is 4.79 Å². The van der Waals surface area contributed by atoms with Crippen molar-refractivity contribution in [2.24, 2.45) is 0 Å². The van der Waals surface area contributed by atoms with Gasteiger partial charge in [0, 0.05) is 13.1 Å². The van der Waals surface area contributed by atoms with Crippen molar-refractivity contribution in [3.8, 4) is 0 Å². The van der Waals surface area contributed by atoms with E-state index in [4.69, 9.17) is 10.5 Å². The van der Waals surface area contributed by atoms with E-state index in [0.717, 1.165) is 18.2 Å². The summed E-state index contributed by atoms with van der Waals surface area (Å²) in [5, 5.41) is 0.845. The number of ether oxygens (including phenoxy) is 1. The standard InChI is InChI=1S/C12H19N3O2S/c1-2-17-11(16)9-10(13)14-12(18-9)15-7-5-3-4-6-8-15/h2-8,13H2,1H3. The Kier molecular flexibility index (Phi) is 4.41. The summed E-state index contributed by atoms with van der Waals surface area (Å²) in [5.74, 6) is -0.0775. The number of thiazole rings is 1. The third-order valence-electron chi connectivity index (χ3n) is 2.98. The van der Waals surface area contributed by atoms with E-state index >= 15 is 0 Å². The normalized spacial score (nSPS) is 16.4. The highest BCUT2D eigenvalue weighted by Gasteiger charge is 2.21. The van der Waals surface area contributed by atoms with Gasteiger partial charge < -0.3 is 15.4 Å². The fraction of sp³-hybridized carbons (Fsp3) is 0.667. The molecule has 0 aliphatic carbocycles. The monoisotopic (exact) mass is 269 g/mol. The summed E-state index contributed by atoms with van der Waals surface area (Å²) in [6.45, 7) is 4.13. The highest BCUT2D eigenvalue weighted by atomic mass is 32.1. The van der Waals surface area contributed by atoms with Gasteiger partial charge in [-0.2, -0.15) is 0 Å². The van der Waals surface area contributed by atoms with Crippen molar-refractivity contribution in [3.63, 3.8) is 0 Å². The number of hydrogen-bond acceptors (Lipinski definition) is 6. The van der Waals surface area contributed by atoms with Crippen molar-refractivity contribution in [2.75, 3.05) is 30.3 Å². The van der Waals surface area contributed by atoms with E-state index in [-0.39, 0.29) is 11.8 Å². The largest absolute Gasteiger partial charge is 0.462 e. The molecule has 1 aromatic heterocycles. The average molecular weight is 269 g/mol. The zero-order valence-electron chi connectivity index (χ0n) is 10.6. The SMILES string of the molecule is CCOC(=O)c1sc(N2CCCCCC2)nc1N. The Morgan fingerprint density at radius 2 is 2.06 bits per heavy atom. The van der Waals surface area contributed by atoms with Crippen LogP contribution < -0.4 is 10.6 Å². The number of nitrogen functional groups attached to an aromatic ring is 1. The predicted molar refractivity (Wildman–Crippen MR) is 73.2 cm³/mol. The van der Waals surface area contributed by atoms with Gasteiger partial charge in [0.15, 0.2) is 15.8 Å². The Labute approximate surface area is 111 Å². The van der Waals surface area contributed by atoms with E-state index in [1.54, 1.807) is 6.92 Å². The van der Waals surface area contributed by atoms with Crippen LogP contribution in [-0.4, -0.2) is 30.6 Å². The maximum Gasteiger partial charge on any atom is 0.352 e. The molecule has 2 N–H and O–H groups in total. The fourth-order valence-electron chi connectivity index (χ4n) is 2.06. The van der Waals surface area contributed by atoms with E-state index in [1.165, 1.54) is 37.0 Å². The van der Waals surface area contributed by atoms with Gasteiger partial charge in [-0.15, -0.1) is 0 Å². The molecule has 0 spiro atoms. The first-order valence-corrected chi connectivity index (χ1v) is 7.22. The first-order valence-electron chi connectivity index (χ1n) is 6.40. The van der Waals surface area contributed by atoms with Gasteiger partial charge in [-0.1, -0.05) is 24.2 Å². The van der Waals surface area contributed by atoms with Crippen molar-refractivity contribution in [3.05, 3.63) is 4.88 Å². The minimum atomic E-state index is -0.367. The first kappa shape index (κ1) is 13.1. The van der Waals surface area contributed by atoms with Crippen LogP contribution in [0.3, 0.4) is 0 Å². The third-order valence-corrected chi connectivity index (χ3v) is 4.09. The molecular formula is C12H19N3O2S. The van der Waals surface area contributed by atoms with E-state index < -0.39 is 0 Å². The highest BCUT2D eigenvalue weighted by molar-refractivity contribution is 7.18. The molecule has 0 unspecified atom stereocenters. The summed E-state index contributed by atoms with van der Waals surface area (Å²) in [6, 6.07) is 0. The van der Waals surface area contributed by atoms with Gasteiger partial charge in [0.2, 0.25) is 0 Å². The zero-order valence-corrected chi connectivity index (χ0v) is 11.5. The van der Waals surface area contributed by atoms with Crippen molar-refractivity contribution in [1.29, 1.82) is 0 Å². The molecular weight excluding hydrogens is 250 g/mol. The van der Waals surface area contributed by atoms with Gasteiger partial charge in [0.05, 0.1) is 6.61 Å². The molecule has 2 heterocycles. The second-order valence-corrected chi connectivity index (χ2v) is 5.31. The molecule has 0 radical (unpaired) electrons. The minimum absolute atomic E-state index is 0.290. The first-order chi connectivity index (χ1) is 8.72. The Balaban J connectivity index is 2.14. The van der Waals surface area contributed by atoms with Crippen molar-refractivity contribution in [2.45, 2.75) is 32.6 Å². The van der Waals surface area contributed by atoms with Crippen LogP contribution in [0, 0.1) is 0 Å². The predicted octanol–water partition coefficient (Wildman–Crippen LogP) is 2.28. The Morgan fingerprint density at radius 3 is 2.67 bits per heavy atom. The molecule has 6 heteroatoms. The van der Waals surface area contributed by atoms with Gasteiger partial charge >= 0.3 is 5.97 Å². The molecule has 0 aromatic carbocycles. The van der Waals surface area contributed by atoms with Crippen molar-refractivity contribution in [1.82, 2.24) is 4.98 Å². The Bertz CT molecular complexity index is 411. The second kappa shape index (κ2) is 6.04.